The van der Waals surface area contributed by atoms with Gasteiger partial charge in [-0.3, -0.25) is 4.79 Å². The zero-order valence-corrected chi connectivity index (χ0v) is 22.9. The number of halogens is 1. The first-order valence-corrected chi connectivity index (χ1v) is 14.4. The topological polar surface area (TPSA) is 46.9 Å². The number of benzene rings is 2. The zero-order valence-electron chi connectivity index (χ0n) is 22.9. The average Bonchev–Trinajstić information content (AvgIpc) is 3.54. The second kappa shape index (κ2) is 11.7. The lowest BCUT2D eigenvalue weighted by atomic mass is 9.77. The van der Waals surface area contributed by atoms with E-state index in [1.807, 2.05) is 16.9 Å². The normalized spacial score (nSPS) is 19.4. The molecule has 0 spiro atoms. The van der Waals surface area contributed by atoms with Crippen LogP contribution in [0.1, 0.15) is 94.5 Å². The largest absolute Gasteiger partial charge is 0.349 e. The van der Waals surface area contributed by atoms with Crippen LogP contribution in [0.25, 0.3) is 5.69 Å². The number of amides is 1. The molecule has 1 amide bonds. The van der Waals surface area contributed by atoms with E-state index in [-0.39, 0.29) is 29.6 Å². The van der Waals surface area contributed by atoms with Gasteiger partial charge in [0.2, 0.25) is 5.91 Å². The van der Waals surface area contributed by atoms with E-state index in [1.165, 1.54) is 34.5 Å². The third-order valence-corrected chi connectivity index (χ3v) is 8.61. The van der Waals surface area contributed by atoms with Crippen molar-refractivity contribution in [1.82, 2.24) is 15.1 Å². The fraction of sp³-hybridized carbons (Fsp3) is 0.455. The molecule has 4 nitrogen and oxygen atoms in total. The van der Waals surface area contributed by atoms with Crippen LogP contribution in [0.15, 0.2) is 71.9 Å². The summed E-state index contributed by atoms with van der Waals surface area (Å²) >= 11 is 0. The van der Waals surface area contributed by atoms with Gasteiger partial charge in [0.1, 0.15) is 5.82 Å². The number of carbonyl (C=O) groups excluding carboxylic acids is 1. The molecule has 0 bridgehead atoms. The highest BCUT2D eigenvalue weighted by molar-refractivity contribution is 5.79. The average molecular weight is 514 g/mol. The molecule has 3 atom stereocenters. The third kappa shape index (κ3) is 5.34. The maximum atomic E-state index is 13.5. The van der Waals surface area contributed by atoms with Gasteiger partial charge in [-0.2, -0.15) is 5.10 Å². The zero-order chi connectivity index (χ0) is 26.6. The Kier molecular flexibility index (Phi) is 8.11. The predicted molar refractivity (Wildman–Crippen MR) is 151 cm³/mol. The Hall–Kier alpha value is -3.21. The summed E-state index contributed by atoms with van der Waals surface area (Å²) in [6.07, 6.45) is 9.95. The maximum Gasteiger partial charge on any atom is 0.223 e. The standard InChI is InChI=1S/C33H40FN3O/c1-4-9-24(10-5-2)33(38)36-30(23-11-7-6-8-12-23)19-25-13-14-26-20-31-29(22(3)32(25)26)21-35-37(31)28-17-15-27(34)16-18-28/h6-8,11-12,15-18,21-22,24-25,30H,4-5,9-10,13-14,19-20H2,1-3H3,(H,36,38)/t22-,25+,30?/m0/s1. The molecule has 1 N–H and O–H groups in total. The van der Waals surface area contributed by atoms with Gasteiger partial charge >= 0.3 is 0 Å². The molecule has 2 aliphatic carbocycles. The highest BCUT2D eigenvalue weighted by atomic mass is 19.1. The van der Waals surface area contributed by atoms with Gasteiger partial charge in [0.15, 0.2) is 0 Å². The molecule has 38 heavy (non-hydrogen) atoms. The van der Waals surface area contributed by atoms with Gasteiger partial charge < -0.3 is 5.32 Å². The minimum absolute atomic E-state index is 0.00676. The van der Waals surface area contributed by atoms with Crippen LogP contribution in [-0.2, 0) is 11.2 Å². The summed E-state index contributed by atoms with van der Waals surface area (Å²) in [4.78, 5) is 13.4. The Bertz CT molecular complexity index is 1270. The molecule has 0 radical (unpaired) electrons. The van der Waals surface area contributed by atoms with Crippen molar-refractivity contribution in [2.45, 2.75) is 84.1 Å². The lowest BCUT2D eigenvalue weighted by molar-refractivity contribution is -0.126. The van der Waals surface area contributed by atoms with Gasteiger partial charge in [-0.15, -0.1) is 0 Å². The number of hydrogen-bond acceptors (Lipinski definition) is 2. The fourth-order valence-corrected chi connectivity index (χ4v) is 6.77. The minimum atomic E-state index is -0.234. The molecule has 5 rings (SSSR count). The van der Waals surface area contributed by atoms with Crippen molar-refractivity contribution >= 4 is 5.91 Å². The van der Waals surface area contributed by atoms with Crippen molar-refractivity contribution < 1.29 is 9.18 Å². The number of carbonyl (C=O) groups is 1. The number of nitrogens with zero attached hydrogens (tertiary/aromatic N) is 2. The molecule has 0 saturated carbocycles. The molecule has 1 unspecified atom stereocenters. The summed E-state index contributed by atoms with van der Waals surface area (Å²) in [5.74, 6) is 0.777. The van der Waals surface area contributed by atoms with Crippen LogP contribution in [0, 0.1) is 17.7 Å². The van der Waals surface area contributed by atoms with Crippen molar-refractivity contribution in [2.24, 2.45) is 11.8 Å². The highest BCUT2D eigenvalue weighted by Gasteiger charge is 2.37. The first-order valence-electron chi connectivity index (χ1n) is 14.4. The van der Waals surface area contributed by atoms with Crippen molar-refractivity contribution in [3.8, 4) is 5.69 Å². The van der Waals surface area contributed by atoms with Crippen LogP contribution in [0.2, 0.25) is 0 Å². The van der Waals surface area contributed by atoms with Gasteiger partial charge in [0, 0.05) is 23.8 Å². The van der Waals surface area contributed by atoms with Gasteiger partial charge in [-0.25, -0.2) is 9.07 Å². The van der Waals surface area contributed by atoms with E-state index < -0.39 is 0 Å². The molecule has 5 heteroatoms. The quantitative estimate of drug-likeness (QED) is 0.281. The molecule has 2 aromatic carbocycles. The Morgan fingerprint density at radius 3 is 2.47 bits per heavy atom. The molecule has 0 saturated heterocycles. The highest BCUT2D eigenvalue weighted by Crippen LogP contribution is 2.49. The molecule has 0 aliphatic heterocycles. The van der Waals surface area contributed by atoms with Gasteiger partial charge in [-0.05, 0) is 67.9 Å². The van der Waals surface area contributed by atoms with Crippen LogP contribution in [0.4, 0.5) is 4.39 Å². The molecule has 2 aliphatic rings. The second-order valence-electron chi connectivity index (χ2n) is 11.1. The Morgan fingerprint density at radius 2 is 1.79 bits per heavy atom. The molecule has 200 valence electrons. The molecule has 0 fully saturated rings. The van der Waals surface area contributed by atoms with E-state index in [4.69, 9.17) is 5.10 Å². The van der Waals surface area contributed by atoms with Crippen LogP contribution in [-0.4, -0.2) is 15.7 Å². The van der Waals surface area contributed by atoms with Crippen LogP contribution < -0.4 is 5.32 Å². The van der Waals surface area contributed by atoms with Crippen LogP contribution in [0.5, 0.6) is 0 Å². The van der Waals surface area contributed by atoms with E-state index in [9.17, 15) is 9.18 Å². The van der Waals surface area contributed by atoms with Crippen molar-refractivity contribution in [3.05, 3.63) is 94.6 Å². The molecule has 1 heterocycles. The number of hydrogen-bond donors (Lipinski definition) is 1. The molecule has 3 aromatic rings. The minimum Gasteiger partial charge on any atom is -0.349 e. The third-order valence-electron chi connectivity index (χ3n) is 8.61. The van der Waals surface area contributed by atoms with Crippen LogP contribution in [0.3, 0.4) is 0 Å². The van der Waals surface area contributed by atoms with Gasteiger partial charge in [0.25, 0.3) is 0 Å². The number of rotatable bonds is 10. The first-order chi connectivity index (χ1) is 18.5. The Labute approximate surface area is 226 Å². The molecular formula is C33H40FN3O. The van der Waals surface area contributed by atoms with Crippen LogP contribution >= 0.6 is 0 Å². The lowest BCUT2D eigenvalue weighted by Crippen LogP contribution is -2.35. The Morgan fingerprint density at radius 1 is 1.08 bits per heavy atom. The van der Waals surface area contributed by atoms with E-state index in [0.29, 0.717) is 5.92 Å². The molecular weight excluding hydrogens is 473 g/mol. The van der Waals surface area contributed by atoms with Gasteiger partial charge in [0.05, 0.1) is 23.6 Å². The van der Waals surface area contributed by atoms with Crippen molar-refractivity contribution in [1.29, 1.82) is 0 Å². The summed E-state index contributed by atoms with van der Waals surface area (Å²) in [5, 5.41) is 8.19. The number of aromatic nitrogens is 2. The molecule has 1 aromatic heterocycles. The van der Waals surface area contributed by atoms with E-state index in [2.05, 4.69) is 50.4 Å². The summed E-state index contributed by atoms with van der Waals surface area (Å²) in [5.41, 5.74) is 7.65. The first kappa shape index (κ1) is 26.4. The van der Waals surface area contributed by atoms with E-state index in [0.717, 1.165) is 57.1 Å². The summed E-state index contributed by atoms with van der Waals surface area (Å²) in [6, 6.07) is 17.1. The van der Waals surface area contributed by atoms with E-state index in [1.54, 1.807) is 17.7 Å². The number of allylic oxidation sites excluding steroid dienone is 2. The van der Waals surface area contributed by atoms with Gasteiger partial charge in [-0.1, -0.05) is 75.1 Å². The fourth-order valence-electron chi connectivity index (χ4n) is 6.77. The Balaban J connectivity index is 1.38. The predicted octanol–water partition coefficient (Wildman–Crippen LogP) is 7.84. The maximum absolute atomic E-state index is 13.5. The number of nitrogens with one attached hydrogen (secondary N) is 1. The SMILES string of the molecule is CCCC(CCC)C(=O)NC(C[C@H]1CCC2=C1[C@@H](C)c1cnn(-c3ccc(F)cc3)c1C2)c1ccccc1. The lowest BCUT2D eigenvalue weighted by Gasteiger charge is -2.30. The second-order valence-corrected chi connectivity index (χ2v) is 11.1. The monoisotopic (exact) mass is 513 g/mol. The smallest absolute Gasteiger partial charge is 0.223 e. The van der Waals surface area contributed by atoms with E-state index >= 15 is 0 Å². The summed E-state index contributed by atoms with van der Waals surface area (Å²) in [7, 11) is 0. The summed E-state index contributed by atoms with van der Waals surface area (Å²) < 4.78 is 15.5. The summed E-state index contributed by atoms with van der Waals surface area (Å²) in [6.45, 7) is 6.62. The van der Waals surface area contributed by atoms with Crippen molar-refractivity contribution in [2.75, 3.05) is 0 Å². The van der Waals surface area contributed by atoms with Crippen molar-refractivity contribution in [3.63, 3.8) is 0 Å². The number of fused-ring (bicyclic) bond motifs is 1.